The molecule has 0 aliphatic rings. The number of carbonyl (C=O) groups is 1. The minimum atomic E-state index is -0.740. The average molecular weight is 467 g/mol. The molecule has 4 aromatic carbocycles. The predicted octanol–water partition coefficient (Wildman–Crippen LogP) is 7.85. The zero-order chi connectivity index (χ0) is 22.7. The van der Waals surface area contributed by atoms with Gasteiger partial charge >= 0.3 is 0 Å². The van der Waals surface area contributed by atoms with Crippen molar-refractivity contribution in [1.29, 1.82) is 0 Å². The molecule has 0 aliphatic carbocycles. The first kappa shape index (κ1) is 22.2. The molecule has 0 heterocycles. The molecule has 0 spiro atoms. The van der Waals surface area contributed by atoms with Crippen molar-refractivity contribution in [1.82, 2.24) is 0 Å². The van der Waals surface area contributed by atoms with E-state index in [1.807, 2.05) is 60.7 Å². The molecule has 0 fully saturated rings. The van der Waals surface area contributed by atoms with Crippen LogP contribution in [-0.4, -0.2) is 5.78 Å². The van der Waals surface area contributed by atoms with Gasteiger partial charge in [0.1, 0.15) is 11.6 Å². The molecular formula is C27H18Cl2F2O. The summed E-state index contributed by atoms with van der Waals surface area (Å²) in [5.74, 6) is -1.41. The first-order valence-corrected chi connectivity index (χ1v) is 10.8. The van der Waals surface area contributed by atoms with Gasteiger partial charge in [-0.15, -0.1) is 23.2 Å². The fraction of sp³-hybridized carbons (Fsp3) is 0.0741. The number of rotatable bonds is 6. The third kappa shape index (κ3) is 4.59. The third-order valence-corrected chi connectivity index (χ3v) is 6.22. The van der Waals surface area contributed by atoms with Crippen LogP contribution in [0.2, 0.25) is 0 Å². The smallest absolute Gasteiger partial charge is 0.193 e. The molecule has 0 aromatic heterocycles. The van der Waals surface area contributed by atoms with E-state index in [0.717, 1.165) is 11.1 Å². The average Bonchev–Trinajstić information content (AvgIpc) is 2.83. The van der Waals surface area contributed by atoms with Crippen molar-refractivity contribution in [3.63, 3.8) is 0 Å². The Morgan fingerprint density at radius 2 is 0.969 bits per heavy atom. The number of alkyl halides is 2. The lowest BCUT2D eigenvalue weighted by atomic mass is 9.90. The van der Waals surface area contributed by atoms with E-state index in [9.17, 15) is 13.6 Å². The molecule has 2 atom stereocenters. The van der Waals surface area contributed by atoms with E-state index in [1.54, 1.807) is 0 Å². The van der Waals surface area contributed by atoms with Crippen molar-refractivity contribution in [3.8, 4) is 0 Å². The van der Waals surface area contributed by atoms with Crippen LogP contribution < -0.4 is 0 Å². The van der Waals surface area contributed by atoms with Gasteiger partial charge in [-0.05, 0) is 58.7 Å². The highest BCUT2D eigenvalue weighted by Crippen LogP contribution is 2.36. The lowest BCUT2D eigenvalue weighted by Crippen LogP contribution is -2.12. The summed E-state index contributed by atoms with van der Waals surface area (Å²) in [6, 6.07) is 26.0. The van der Waals surface area contributed by atoms with Crippen molar-refractivity contribution in [2.45, 2.75) is 10.8 Å². The maximum Gasteiger partial charge on any atom is 0.193 e. The molecule has 32 heavy (non-hydrogen) atoms. The maximum atomic E-state index is 14.1. The van der Waals surface area contributed by atoms with Crippen LogP contribution >= 0.6 is 23.2 Å². The van der Waals surface area contributed by atoms with Gasteiger partial charge < -0.3 is 0 Å². The molecule has 0 N–H and O–H groups in total. The summed E-state index contributed by atoms with van der Waals surface area (Å²) < 4.78 is 28.3. The van der Waals surface area contributed by atoms with Crippen molar-refractivity contribution in [2.75, 3.05) is 0 Å². The highest BCUT2D eigenvalue weighted by Gasteiger charge is 2.25. The molecule has 4 rings (SSSR count). The fourth-order valence-corrected chi connectivity index (χ4v) is 4.30. The highest BCUT2D eigenvalue weighted by molar-refractivity contribution is 6.25. The van der Waals surface area contributed by atoms with Gasteiger partial charge in [0.25, 0.3) is 0 Å². The Hall–Kier alpha value is -3.01. The molecule has 5 heteroatoms. The zero-order valence-electron chi connectivity index (χ0n) is 16.8. The summed E-state index contributed by atoms with van der Waals surface area (Å²) in [7, 11) is 0. The Bertz CT molecular complexity index is 1150. The standard InChI is InChI=1S/C27H18Cl2F2O/c28-25(17-7-3-1-4-8-17)23-15-19(30)11-13-21(23)27(32)22-14-12-20(31)16-24(22)26(29)18-9-5-2-6-10-18/h1-16,25-26H. The Kier molecular flexibility index (Phi) is 6.69. The van der Waals surface area contributed by atoms with E-state index in [-0.39, 0.29) is 11.1 Å². The molecular weight excluding hydrogens is 449 g/mol. The van der Waals surface area contributed by atoms with E-state index in [2.05, 4.69) is 0 Å². The van der Waals surface area contributed by atoms with Crippen LogP contribution in [0.4, 0.5) is 8.78 Å². The molecule has 4 aromatic rings. The Morgan fingerprint density at radius 1 is 0.594 bits per heavy atom. The first-order valence-electron chi connectivity index (χ1n) is 9.97. The molecule has 0 saturated heterocycles. The molecule has 2 unspecified atom stereocenters. The van der Waals surface area contributed by atoms with Crippen molar-refractivity contribution < 1.29 is 13.6 Å². The van der Waals surface area contributed by atoms with E-state index in [4.69, 9.17) is 23.2 Å². The van der Waals surface area contributed by atoms with Gasteiger partial charge in [-0.25, -0.2) is 8.78 Å². The lowest BCUT2D eigenvalue weighted by molar-refractivity contribution is 0.103. The second-order valence-corrected chi connectivity index (χ2v) is 8.21. The summed E-state index contributed by atoms with van der Waals surface area (Å²) in [4.78, 5) is 13.6. The van der Waals surface area contributed by atoms with Gasteiger partial charge in [-0.3, -0.25) is 4.79 Å². The number of benzene rings is 4. The lowest BCUT2D eigenvalue weighted by Gasteiger charge is -2.18. The van der Waals surface area contributed by atoms with Crippen LogP contribution in [0.15, 0.2) is 97.1 Å². The SMILES string of the molecule is O=C(c1ccc(F)cc1C(Cl)c1ccccc1)c1ccc(F)cc1C(Cl)c1ccccc1. The van der Waals surface area contributed by atoms with Crippen molar-refractivity contribution >= 4 is 29.0 Å². The summed E-state index contributed by atoms with van der Waals surface area (Å²) in [5, 5.41) is -1.48. The number of ketones is 1. The molecule has 0 saturated carbocycles. The minimum absolute atomic E-state index is 0.236. The summed E-state index contributed by atoms with van der Waals surface area (Å²) >= 11 is 13.3. The number of hydrogen-bond acceptors (Lipinski definition) is 1. The summed E-state index contributed by atoms with van der Waals surface area (Å²) in [5.41, 5.74) is 2.60. The van der Waals surface area contributed by atoms with Gasteiger partial charge in [0.2, 0.25) is 0 Å². The van der Waals surface area contributed by atoms with Gasteiger partial charge in [-0.1, -0.05) is 60.7 Å². The Morgan fingerprint density at radius 3 is 1.34 bits per heavy atom. The maximum absolute atomic E-state index is 14.1. The molecule has 160 valence electrons. The topological polar surface area (TPSA) is 17.1 Å². The van der Waals surface area contributed by atoms with Crippen molar-refractivity contribution in [2.24, 2.45) is 0 Å². The Labute approximate surface area is 195 Å². The second-order valence-electron chi connectivity index (χ2n) is 7.34. The number of hydrogen-bond donors (Lipinski definition) is 0. The molecule has 0 bridgehead atoms. The Balaban J connectivity index is 1.81. The molecule has 0 aliphatic heterocycles. The highest BCUT2D eigenvalue weighted by atomic mass is 35.5. The summed E-state index contributed by atoms with van der Waals surface area (Å²) in [6.45, 7) is 0. The van der Waals surface area contributed by atoms with Crippen LogP contribution in [0.5, 0.6) is 0 Å². The van der Waals surface area contributed by atoms with E-state index in [1.165, 1.54) is 36.4 Å². The van der Waals surface area contributed by atoms with Crippen LogP contribution in [0.25, 0.3) is 0 Å². The van der Waals surface area contributed by atoms with Gasteiger partial charge in [0.15, 0.2) is 5.78 Å². The monoisotopic (exact) mass is 466 g/mol. The molecule has 0 amide bonds. The van der Waals surface area contributed by atoms with Crippen LogP contribution in [-0.2, 0) is 0 Å². The van der Waals surface area contributed by atoms with E-state index < -0.39 is 28.2 Å². The van der Waals surface area contributed by atoms with Gasteiger partial charge in [-0.2, -0.15) is 0 Å². The zero-order valence-corrected chi connectivity index (χ0v) is 18.3. The van der Waals surface area contributed by atoms with E-state index in [0.29, 0.717) is 11.1 Å². The van der Waals surface area contributed by atoms with Crippen LogP contribution in [0.1, 0.15) is 48.9 Å². The number of carbonyl (C=O) groups excluding carboxylic acids is 1. The van der Waals surface area contributed by atoms with Crippen molar-refractivity contribution in [3.05, 3.63) is 142 Å². The first-order chi connectivity index (χ1) is 15.5. The van der Waals surface area contributed by atoms with Crippen LogP contribution in [0.3, 0.4) is 0 Å². The molecule has 1 nitrogen and oxygen atoms in total. The van der Waals surface area contributed by atoms with Crippen LogP contribution in [0, 0.1) is 11.6 Å². The quantitative estimate of drug-likeness (QED) is 0.209. The van der Waals surface area contributed by atoms with Gasteiger partial charge in [0.05, 0.1) is 10.8 Å². The molecule has 0 radical (unpaired) electrons. The second kappa shape index (κ2) is 9.64. The third-order valence-electron chi connectivity index (χ3n) is 5.25. The number of halogens is 4. The fourth-order valence-electron chi connectivity index (χ4n) is 3.65. The van der Waals surface area contributed by atoms with Gasteiger partial charge in [0, 0.05) is 11.1 Å². The predicted molar refractivity (Wildman–Crippen MR) is 125 cm³/mol. The minimum Gasteiger partial charge on any atom is -0.289 e. The normalized spacial score (nSPS) is 12.9. The largest absolute Gasteiger partial charge is 0.289 e. The summed E-state index contributed by atoms with van der Waals surface area (Å²) in [6.07, 6.45) is 0. The van der Waals surface area contributed by atoms with E-state index >= 15 is 0 Å².